The van der Waals surface area contributed by atoms with Gasteiger partial charge < -0.3 is 5.32 Å². The van der Waals surface area contributed by atoms with E-state index in [1.807, 2.05) is 0 Å². The molecule has 2 heterocycles. The van der Waals surface area contributed by atoms with Crippen LogP contribution in [-0.2, 0) is 5.41 Å². The SMILES string of the molecule is CC1(C)CCNc2c1cc(I)nc2Cl. The Kier molecular flexibility index (Phi) is 2.64. The molecule has 1 N–H and O–H groups in total. The van der Waals surface area contributed by atoms with Crippen LogP contribution in [0.4, 0.5) is 5.69 Å². The highest BCUT2D eigenvalue weighted by molar-refractivity contribution is 14.1. The summed E-state index contributed by atoms with van der Waals surface area (Å²) >= 11 is 8.30. The van der Waals surface area contributed by atoms with Crippen molar-refractivity contribution in [2.45, 2.75) is 25.7 Å². The molecule has 0 bridgehead atoms. The maximum Gasteiger partial charge on any atom is 0.153 e. The highest BCUT2D eigenvalue weighted by atomic mass is 127. The van der Waals surface area contributed by atoms with Crippen LogP contribution in [0.1, 0.15) is 25.8 Å². The van der Waals surface area contributed by atoms with Crippen molar-refractivity contribution in [3.8, 4) is 0 Å². The fourth-order valence-electron chi connectivity index (χ4n) is 1.82. The molecule has 1 aromatic heterocycles. The number of hydrogen-bond acceptors (Lipinski definition) is 2. The van der Waals surface area contributed by atoms with E-state index in [9.17, 15) is 0 Å². The van der Waals surface area contributed by atoms with E-state index in [0.717, 1.165) is 22.4 Å². The number of rotatable bonds is 0. The van der Waals surface area contributed by atoms with E-state index in [0.29, 0.717) is 5.15 Å². The van der Waals surface area contributed by atoms with Crippen LogP contribution in [0, 0.1) is 3.70 Å². The maximum absolute atomic E-state index is 6.10. The van der Waals surface area contributed by atoms with Gasteiger partial charge in [-0.25, -0.2) is 4.98 Å². The summed E-state index contributed by atoms with van der Waals surface area (Å²) in [4.78, 5) is 4.24. The number of nitrogens with one attached hydrogen (secondary N) is 1. The summed E-state index contributed by atoms with van der Waals surface area (Å²) in [5.41, 5.74) is 2.50. The van der Waals surface area contributed by atoms with E-state index in [1.54, 1.807) is 0 Å². The molecule has 0 unspecified atom stereocenters. The number of halogens is 2. The lowest BCUT2D eigenvalue weighted by atomic mass is 9.79. The Labute approximate surface area is 103 Å². The minimum absolute atomic E-state index is 0.201. The molecule has 2 rings (SSSR count). The summed E-state index contributed by atoms with van der Waals surface area (Å²) in [5, 5.41) is 3.91. The number of aromatic nitrogens is 1. The zero-order chi connectivity index (χ0) is 10.3. The van der Waals surface area contributed by atoms with Crippen LogP contribution in [0.15, 0.2) is 6.07 Å². The average Bonchev–Trinajstić information content (AvgIpc) is 2.06. The van der Waals surface area contributed by atoms with Crippen molar-refractivity contribution in [1.82, 2.24) is 4.98 Å². The van der Waals surface area contributed by atoms with Crippen LogP contribution in [0.3, 0.4) is 0 Å². The Balaban J connectivity index is 2.63. The summed E-state index contributed by atoms with van der Waals surface area (Å²) in [7, 11) is 0. The van der Waals surface area contributed by atoms with Crippen LogP contribution in [0.5, 0.6) is 0 Å². The van der Waals surface area contributed by atoms with Gasteiger partial charge >= 0.3 is 0 Å². The summed E-state index contributed by atoms with van der Waals surface area (Å²) in [5.74, 6) is 0. The molecule has 0 amide bonds. The van der Waals surface area contributed by atoms with Crippen molar-refractivity contribution < 1.29 is 0 Å². The number of pyridine rings is 1. The van der Waals surface area contributed by atoms with Crippen molar-refractivity contribution in [2.75, 3.05) is 11.9 Å². The van der Waals surface area contributed by atoms with Gasteiger partial charge in [-0.3, -0.25) is 0 Å². The van der Waals surface area contributed by atoms with Gasteiger partial charge in [0.1, 0.15) is 3.70 Å². The summed E-state index contributed by atoms with van der Waals surface area (Å²) in [6.45, 7) is 5.47. The predicted molar refractivity (Wildman–Crippen MR) is 68.1 cm³/mol. The number of nitrogens with zero attached hydrogens (tertiary/aromatic N) is 1. The molecule has 0 saturated carbocycles. The number of fused-ring (bicyclic) bond motifs is 1. The number of anilines is 1. The second-order valence-corrected chi connectivity index (χ2v) is 5.68. The fraction of sp³-hybridized carbons (Fsp3) is 0.500. The molecule has 14 heavy (non-hydrogen) atoms. The van der Waals surface area contributed by atoms with Gasteiger partial charge in [-0.05, 0) is 46.1 Å². The molecule has 4 heteroatoms. The van der Waals surface area contributed by atoms with Crippen LogP contribution in [-0.4, -0.2) is 11.5 Å². The quantitative estimate of drug-likeness (QED) is 0.585. The lowest BCUT2D eigenvalue weighted by Crippen LogP contribution is -2.28. The Hall–Kier alpha value is -0.0300. The van der Waals surface area contributed by atoms with Crippen molar-refractivity contribution in [3.05, 3.63) is 20.5 Å². The third-order valence-corrected chi connectivity index (χ3v) is 3.55. The van der Waals surface area contributed by atoms with Crippen molar-refractivity contribution in [3.63, 3.8) is 0 Å². The van der Waals surface area contributed by atoms with Crippen LogP contribution >= 0.6 is 34.2 Å². The van der Waals surface area contributed by atoms with E-state index in [4.69, 9.17) is 11.6 Å². The second-order valence-electron chi connectivity index (χ2n) is 4.22. The van der Waals surface area contributed by atoms with Crippen LogP contribution in [0.2, 0.25) is 5.15 Å². The summed E-state index contributed by atoms with van der Waals surface area (Å²) < 4.78 is 0.961. The van der Waals surface area contributed by atoms with Gasteiger partial charge in [-0.1, -0.05) is 25.4 Å². The van der Waals surface area contributed by atoms with Crippen molar-refractivity contribution in [2.24, 2.45) is 0 Å². The maximum atomic E-state index is 6.10. The molecule has 0 saturated heterocycles. The molecule has 1 aliphatic rings. The monoisotopic (exact) mass is 322 g/mol. The van der Waals surface area contributed by atoms with Gasteiger partial charge in [-0.15, -0.1) is 0 Å². The van der Waals surface area contributed by atoms with Gasteiger partial charge in [0.05, 0.1) is 5.69 Å². The Morgan fingerprint density at radius 2 is 2.29 bits per heavy atom. The molecule has 0 radical (unpaired) electrons. The first kappa shape index (κ1) is 10.5. The normalized spacial score (nSPS) is 18.6. The van der Waals surface area contributed by atoms with Gasteiger partial charge in [0.15, 0.2) is 5.15 Å². The Morgan fingerprint density at radius 1 is 1.57 bits per heavy atom. The molecule has 2 nitrogen and oxygen atoms in total. The Bertz CT molecular complexity index is 377. The lowest BCUT2D eigenvalue weighted by molar-refractivity contribution is 0.481. The standard InChI is InChI=1S/C10H12ClIN2/c1-10(2)3-4-13-8-6(10)5-7(12)14-9(8)11/h5,13H,3-4H2,1-2H3. The zero-order valence-electron chi connectivity index (χ0n) is 8.19. The molecule has 76 valence electrons. The van der Waals surface area contributed by atoms with E-state index in [-0.39, 0.29) is 5.41 Å². The third-order valence-electron chi connectivity index (χ3n) is 2.72. The first-order valence-electron chi connectivity index (χ1n) is 4.61. The fourth-order valence-corrected chi connectivity index (χ4v) is 2.78. The molecule has 0 atom stereocenters. The van der Waals surface area contributed by atoms with Crippen LogP contribution < -0.4 is 5.32 Å². The topological polar surface area (TPSA) is 24.9 Å². The minimum atomic E-state index is 0.201. The van der Waals surface area contributed by atoms with Crippen LogP contribution in [0.25, 0.3) is 0 Å². The van der Waals surface area contributed by atoms with Gasteiger partial charge in [0.25, 0.3) is 0 Å². The van der Waals surface area contributed by atoms with Gasteiger partial charge in [-0.2, -0.15) is 0 Å². The average molecular weight is 323 g/mol. The summed E-state index contributed by atoms with van der Waals surface area (Å²) in [6, 6.07) is 2.12. The van der Waals surface area contributed by atoms with Gasteiger partial charge in [0.2, 0.25) is 0 Å². The predicted octanol–water partition coefficient (Wildman–Crippen LogP) is 3.43. The summed E-state index contributed by atoms with van der Waals surface area (Å²) in [6.07, 6.45) is 1.14. The third kappa shape index (κ3) is 1.72. The molecule has 0 spiro atoms. The molecule has 0 aromatic carbocycles. The molecule has 1 aliphatic heterocycles. The number of hydrogen-bond donors (Lipinski definition) is 1. The highest BCUT2D eigenvalue weighted by Crippen LogP contribution is 2.39. The molecular formula is C10H12ClIN2. The first-order valence-corrected chi connectivity index (χ1v) is 6.07. The second kappa shape index (κ2) is 3.52. The largest absolute Gasteiger partial charge is 0.382 e. The Morgan fingerprint density at radius 3 is 3.00 bits per heavy atom. The van der Waals surface area contributed by atoms with Crippen molar-refractivity contribution >= 4 is 39.9 Å². The van der Waals surface area contributed by atoms with Gasteiger partial charge in [0, 0.05) is 6.54 Å². The molecular weight excluding hydrogens is 310 g/mol. The van der Waals surface area contributed by atoms with Crippen molar-refractivity contribution in [1.29, 1.82) is 0 Å². The lowest BCUT2D eigenvalue weighted by Gasteiger charge is -2.33. The van der Waals surface area contributed by atoms with E-state index in [2.05, 4.69) is 52.8 Å². The minimum Gasteiger partial charge on any atom is -0.382 e. The first-order chi connectivity index (χ1) is 6.50. The zero-order valence-corrected chi connectivity index (χ0v) is 11.1. The van der Waals surface area contributed by atoms with E-state index < -0.39 is 0 Å². The van der Waals surface area contributed by atoms with E-state index in [1.165, 1.54) is 5.56 Å². The smallest absolute Gasteiger partial charge is 0.153 e. The molecule has 0 aliphatic carbocycles. The molecule has 1 aromatic rings. The highest BCUT2D eigenvalue weighted by Gasteiger charge is 2.29. The molecule has 0 fully saturated rings. The van der Waals surface area contributed by atoms with E-state index >= 15 is 0 Å².